The second-order valence-corrected chi connectivity index (χ2v) is 7.02. The third kappa shape index (κ3) is 4.30. The van der Waals surface area contributed by atoms with Crippen LogP contribution in [0.3, 0.4) is 0 Å². The molecule has 130 valence electrons. The number of hydrogen-bond donors (Lipinski definition) is 1. The van der Waals surface area contributed by atoms with Gasteiger partial charge >= 0.3 is 0 Å². The first-order valence-electron chi connectivity index (χ1n) is 8.03. The van der Waals surface area contributed by atoms with Crippen LogP contribution in [0.15, 0.2) is 36.2 Å². The second kappa shape index (κ2) is 8.21. The zero-order chi connectivity index (χ0) is 17.7. The molecular weight excluding hydrogens is 322 g/mol. The quantitative estimate of drug-likeness (QED) is 0.707. The van der Waals surface area contributed by atoms with Crippen molar-refractivity contribution < 1.29 is 0 Å². The highest BCUT2D eigenvalue weighted by Crippen LogP contribution is 2.18. The maximum Gasteiger partial charge on any atom is 0.275 e. The molecule has 2 aromatic heterocycles. The Bertz CT molecular complexity index is 754. The van der Waals surface area contributed by atoms with E-state index >= 15 is 0 Å². The van der Waals surface area contributed by atoms with Gasteiger partial charge in [-0.05, 0) is 12.8 Å². The van der Waals surface area contributed by atoms with Crippen molar-refractivity contribution in [1.29, 1.82) is 0 Å². The summed E-state index contributed by atoms with van der Waals surface area (Å²) in [5.74, 6) is 0.454. The van der Waals surface area contributed by atoms with Gasteiger partial charge in [-0.2, -0.15) is 4.52 Å². The van der Waals surface area contributed by atoms with Crippen molar-refractivity contribution in [2.45, 2.75) is 26.8 Å². The molecule has 0 aliphatic rings. The Labute approximate surface area is 146 Å². The van der Waals surface area contributed by atoms with Gasteiger partial charge in [0.25, 0.3) is 5.56 Å². The van der Waals surface area contributed by atoms with Crippen LogP contribution in [0.5, 0.6) is 0 Å². The van der Waals surface area contributed by atoms with Crippen molar-refractivity contribution in [3.8, 4) is 0 Å². The van der Waals surface area contributed by atoms with Gasteiger partial charge in [0.2, 0.25) is 10.1 Å². The van der Waals surface area contributed by atoms with Crippen LogP contribution in [0.1, 0.15) is 19.5 Å². The van der Waals surface area contributed by atoms with Crippen LogP contribution in [0.4, 0.5) is 5.13 Å². The Morgan fingerprint density at radius 2 is 2.04 bits per heavy atom. The first-order chi connectivity index (χ1) is 11.5. The largest absolute Gasteiger partial charge is 0.358 e. The minimum Gasteiger partial charge on any atom is -0.358 e. The van der Waals surface area contributed by atoms with E-state index in [0.29, 0.717) is 27.7 Å². The minimum atomic E-state index is -0.151. The van der Waals surface area contributed by atoms with Crippen LogP contribution in [-0.2, 0) is 0 Å². The van der Waals surface area contributed by atoms with E-state index in [2.05, 4.69) is 47.3 Å². The zero-order valence-corrected chi connectivity index (χ0v) is 15.3. The molecule has 0 amide bonds. The van der Waals surface area contributed by atoms with Gasteiger partial charge in [0.05, 0.1) is 0 Å². The molecule has 0 aromatic carbocycles. The van der Waals surface area contributed by atoms with Gasteiger partial charge in [0.1, 0.15) is 0 Å². The molecule has 0 saturated carbocycles. The normalized spacial score (nSPS) is 12.7. The number of hydrogen-bond acceptors (Lipinski definition) is 6. The summed E-state index contributed by atoms with van der Waals surface area (Å²) in [4.78, 5) is 19.2. The summed E-state index contributed by atoms with van der Waals surface area (Å²) < 4.78 is 1.34. The van der Waals surface area contributed by atoms with Crippen LogP contribution in [0.25, 0.3) is 4.96 Å². The molecule has 0 fully saturated rings. The minimum absolute atomic E-state index is 0.151. The first kappa shape index (κ1) is 18.4. The highest BCUT2D eigenvalue weighted by atomic mass is 32.1. The first-order valence-corrected chi connectivity index (χ1v) is 8.85. The Morgan fingerprint density at radius 1 is 1.38 bits per heavy atom. The SMILES string of the molecule is C=CCN(CC=C)C(CNc1nn2c(=O)cc(C)nc2s1)C(C)C. The lowest BCUT2D eigenvalue weighted by atomic mass is 10.0. The molecule has 0 bridgehead atoms. The third-order valence-corrected chi connectivity index (χ3v) is 4.67. The van der Waals surface area contributed by atoms with E-state index in [1.807, 2.05) is 19.1 Å². The molecule has 24 heavy (non-hydrogen) atoms. The molecule has 7 heteroatoms. The average Bonchev–Trinajstić information content (AvgIpc) is 2.90. The number of fused-ring (bicyclic) bond motifs is 1. The number of rotatable bonds is 9. The number of nitrogens with one attached hydrogen (secondary N) is 1. The van der Waals surface area contributed by atoms with Gasteiger partial charge in [-0.15, -0.1) is 18.3 Å². The summed E-state index contributed by atoms with van der Waals surface area (Å²) in [5, 5.41) is 8.38. The van der Waals surface area contributed by atoms with E-state index in [1.165, 1.54) is 21.9 Å². The van der Waals surface area contributed by atoms with Crippen molar-refractivity contribution in [2.24, 2.45) is 5.92 Å². The summed E-state index contributed by atoms with van der Waals surface area (Å²) in [6, 6.07) is 1.79. The van der Waals surface area contributed by atoms with Crippen LogP contribution in [-0.4, -0.2) is 45.2 Å². The fraction of sp³-hybridized carbons (Fsp3) is 0.471. The van der Waals surface area contributed by atoms with Gasteiger partial charge < -0.3 is 5.32 Å². The van der Waals surface area contributed by atoms with E-state index in [1.54, 1.807) is 0 Å². The molecule has 6 nitrogen and oxygen atoms in total. The fourth-order valence-electron chi connectivity index (χ4n) is 2.65. The van der Waals surface area contributed by atoms with Gasteiger partial charge in [-0.3, -0.25) is 9.69 Å². The average molecular weight is 347 g/mol. The lowest BCUT2D eigenvalue weighted by molar-refractivity contribution is 0.199. The van der Waals surface area contributed by atoms with Crippen molar-refractivity contribution >= 4 is 21.4 Å². The molecule has 0 radical (unpaired) electrons. The summed E-state index contributed by atoms with van der Waals surface area (Å²) in [6.45, 7) is 16.2. The van der Waals surface area contributed by atoms with E-state index in [0.717, 1.165) is 19.6 Å². The van der Waals surface area contributed by atoms with Gasteiger partial charge in [-0.1, -0.05) is 37.3 Å². The Hall–Kier alpha value is -1.99. The summed E-state index contributed by atoms with van der Waals surface area (Å²) in [6.07, 6.45) is 3.81. The lowest BCUT2D eigenvalue weighted by Gasteiger charge is -2.33. The molecule has 0 saturated heterocycles. The summed E-state index contributed by atoms with van der Waals surface area (Å²) in [5.41, 5.74) is 0.556. The number of aromatic nitrogens is 3. The van der Waals surface area contributed by atoms with Crippen molar-refractivity contribution in [1.82, 2.24) is 19.5 Å². The van der Waals surface area contributed by atoms with E-state index in [9.17, 15) is 4.79 Å². The smallest absolute Gasteiger partial charge is 0.275 e. The number of anilines is 1. The van der Waals surface area contributed by atoms with Crippen LogP contribution < -0.4 is 10.9 Å². The Balaban J connectivity index is 2.16. The Morgan fingerprint density at radius 3 is 2.62 bits per heavy atom. The monoisotopic (exact) mass is 347 g/mol. The summed E-state index contributed by atoms with van der Waals surface area (Å²) >= 11 is 1.39. The summed E-state index contributed by atoms with van der Waals surface area (Å²) in [7, 11) is 0. The van der Waals surface area contributed by atoms with Gasteiger partial charge in [-0.25, -0.2) is 4.98 Å². The predicted molar refractivity (Wildman–Crippen MR) is 101 cm³/mol. The molecule has 2 aromatic rings. The second-order valence-electron chi connectivity index (χ2n) is 6.06. The van der Waals surface area contributed by atoms with Crippen LogP contribution in [0, 0.1) is 12.8 Å². The molecule has 0 aliphatic carbocycles. The standard InChI is InChI=1S/C17H25N5OS/c1-6-8-21(9-7-2)14(12(3)4)11-18-16-20-22-15(23)10-13(5)19-17(22)24-16/h6-7,10,12,14H,1-2,8-9,11H2,3-5H3,(H,18,20). The van der Waals surface area contributed by atoms with E-state index < -0.39 is 0 Å². The van der Waals surface area contributed by atoms with Crippen molar-refractivity contribution in [2.75, 3.05) is 25.0 Å². The molecule has 0 aliphatic heterocycles. The van der Waals surface area contributed by atoms with Crippen molar-refractivity contribution in [3.05, 3.63) is 47.4 Å². The van der Waals surface area contributed by atoms with Crippen LogP contribution in [0.2, 0.25) is 0 Å². The van der Waals surface area contributed by atoms with Gasteiger partial charge in [0.15, 0.2) is 0 Å². The molecule has 2 heterocycles. The third-order valence-electron chi connectivity index (χ3n) is 3.80. The number of nitrogens with zero attached hydrogens (tertiary/aromatic N) is 4. The molecule has 1 N–H and O–H groups in total. The molecule has 2 rings (SSSR count). The zero-order valence-electron chi connectivity index (χ0n) is 14.5. The molecule has 0 spiro atoms. The van der Waals surface area contributed by atoms with E-state index in [4.69, 9.17) is 0 Å². The molecule has 1 unspecified atom stereocenters. The van der Waals surface area contributed by atoms with E-state index in [-0.39, 0.29) is 5.56 Å². The highest BCUT2D eigenvalue weighted by Gasteiger charge is 2.20. The van der Waals surface area contributed by atoms with Crippen LogP contribution >= 0.6 is 11.3 Å². The Kier molecular flexibility index (Phi) is 6.28. The predicted octanol–water partition coefficient (Wildman–Crippen LogP) is 2.57. The maximum absolute atomic E-state index is 11.9. The van der Waals surface area contributed by atoms with Gasteiger partial charge in [0, 0.05) is 37.4 Å². The maximum atomic E-state index is 11.9. The fourth-order valence-corrected chi connectivity index (χ4v) is 3.50. The topological polar surface area (TPSA) is 62.5 Å². The molecular formula is C17H25N5OS. The highest BCUT2D eigenvalue weighted by molar-refractivity contribution is 7.20. The van der Waals surface area contributed by atoms with Crippen molar-refractivity contribution in [3.63, 3.8) is 0 Å². The molecule has 1 atom stereocenters. The number of aryl methyl sites for hydroxylation is 1. The lowest BCUT2D eigenvalue weighted by Crippen LogP contribution is -2.43.